The average Bonchev–Trinajstić information content (AvgIpc) is 3.28. The minimum Gasteiger partial charge on any atom is -0.381 e. The van der Waals surface area contributed by atoms with E-state index in [4.69, 9.17) is 4.74 Å². The van der Waals surface area contributed by atoms with E-state index in [2.05, 4.69) is 20.4 Å². The fourth-order valence-corrected chi connectivity index (χ4v) is 4.32. The van der Waals surface area contributed by atoms with Gasteiger partial charge in [-0.25, -0.2) is 9.50 Å². The summed E-state index contributed by atoms with van der Waals surface area (Å²) < 4.78 is 31.5. The molecule has 0 saturated carbocycles. The Morgan fingerprint density at radius 3 is 2.74 bits per heavy atom. The number of amides is 1. The van der Waals surface area contributed by atoms with Crippen LogP contribution in [-0.2, 0) is 8.67 Å². The molecule has 0 unspecified atom stereocenters. The van der Waals surface area contributed by atoms with Crippen molar-refractivity contribution in [3.05, 3.63) is 77.9 Å². The minimum atomic E-state index is -3.00. The molecule has 1 N–H and O–H groups in total. The molecule has 1 aliphatic heterocycles. The Bertz CT molecular complexity index is 1350. The third-order valence-corrected chi connectivity index (χ3v) is 6.38. The number of pyridine rings is 1. The first kappa shape index (κ1) is 22.8. The second-order valence-electron chi connectivity index (χ2n) is 8.02. The van der Waals surface area contributed by atoms with Gasteiger partial charge in [0, 0.05) is 70.4 Å². The Balaban J connectivity index is 1.41. The number of hydrogen-bond acceptors (Lipinski definition) is 5. The van der Waals surface area contributed by atoms with Gasteiger partial charge in [0.15, 0.2) is 5.65 Å². The lowest BCUT2D eigenvalue weighted by molar-refractivity contribution is 0.0845. The highest BCUT2D eigenvalue weighted by molar-refractivity contribution is 14.1. The predicted octanol–water partition coefficient (Wildman–Crippen LogP) is 5.42. The molecule has 0 spiro atoms. The largest absolute Gasteiger partial charge is 0.381 e. The molecule has 34 heavy (non-hydrogen) atoms. The molecule has 1 fully saturated rings. The summed E-state index contributed by atoms with van der Waals surface area (Å²) in [5, 5.41) is 7.31. The lowest BCUT2D eigenvalue weighted by Gasteiger charge is -2.21. The van der Waals surface area contributed by atoms with Crippen LogP contribution in [-0.4, -0.2) is 38.7 Å². The van der Waals surface area contributed by atoms with Gasteiger partial charge < -0.3 is 10.1 Å². The van der Waals surface area contributed by atoms with Crippen LogP contribution >= 0.6 is 22.6 Å². The molecule has 174 valence electrons. The maximum absolute atomic E-state index is 13.8. The summed E-state index contributed by atoms with van der Waals surface area (Å²) in [6, 6.07) is 12.9. The van der Waals surface area contributed by atoms with Crippen molar-refractivity contribution in [2.75, 3.05) is 18.5 Å². The van der Waals surface area contributed by atoms with Crippen molar-refractivity contribution in [1.82, 2.24) is 19.6 Å². The normalized spacial score (nSPS) is 14.9. The molecule has 0 radical (unpaired) electrons. The fraction of sp³-hybridized carbons (Fsp3) is 0.250. The number of benzene rings is 1. The topological polar surface area (TPSA) is 81.4 Å². The maximum Gasteiger partial charge on any atom is 0.321 e. The first-order valence-corrected chi connectivity index (χ1v) is 11.8. The number of anilines is 1. The number of carbonyl (C=O) groups is 1. The summed E-state index contributed by atoms with van der Waals surface area (Å²) in [6.45, 7) is 1.41. The monoisotopic (exact) mass is 575 g/mol. The minimum absolute atomic E-state index is 0.118. The zero-order chi connectivity index (χ0) is 23.7. The Morgan fingerprint density at radius 2 is 1.94 bits per heavy atom. The zero-order valence-corrected chi connectivity index (χ0v) is 20.1. The van der Waals surface area contributed by atoms with Gasteiger partial charge in [0.2, 0.25) is 0 Å². The first-order valence-electron chi connectivity index (χ1n) is 10.8. The molecule has 3 aromatic heterocycles. The fourth-order valence-electron chi connectivity index (χ4n) is 3.98. The third kappa shape index (κ3) is 4.78. The molecule has 0 aliphatic carbocycles. The van der Waals surface area contributed by atoms with E-state index in [-0.39, 0.29) is 11.3 Å². The number of nitrogens with zero attached hydrogens (tertiary/aromatic N) is 4. The Morgan fingerprint density at radius 1 is 1.12 bits per heavy atom. The van der Waals surface area contributed by atoms with Crippen LogP contribution < -0.4 is 5.32 Å². The van der Waals surface area contributed by atoms with Crippen LogP contribution in [0.1, 0.15) is 40.5 Å². The summed E-state index contributed by atoms with van der Waals surface area (Å²) in [5.41, 5.74) is 3.15. The van der Waals surface area contributed by atoms with E-state index < -0.39 is 9.84 Å². The van der Waals surface area contributed by atoms with E-state index in [1.54, 1.807) is 42.7 Å². The molecule has 0 bridgehead atoms. The van der Waals surface area contributed by atoms with Crippen LogP contribution in [0.2, 0.25) is 0 Å². The van der Waals surface area contributed by atoms with Crippen molar-refractivity contribution in [2.45, 2.75) is 22.7 Å². The van der Waals surface area contributed by atoms with Crippen LogP contribution in [0, 0.1) is 0 Å². The number of ether oxygens (including phenoxy) is 1. The number of nitrogens with one attached hydrogen (secondary N) is 1. The number of imidazole rings is 1. The van der Waals surface area contributed by atoms with Crippen molar-refractivity contribution >= 4 is 39.8 Å². The van der Waals surface area contributed by atoms with Crippen molar-refractivity contribution in [1.29, 1.82) is 0 Å². The molecule has 1 aromatic carbocycles. The Hall–Kier alpha value is -2.99. The maximum atomic E-state index is 13.8. The number of hydrogen-bond donors (Lipinski definition) is 1. The molecule has 10 heteroatoms. The number of alkyl halides is 3. The summed E-state index contributed by atoms with van der Waals surface area (Å²) in [6.07, 6.45) is 5.03. The van der Waals surface area contributed by atoms with Crippen LogP contribution in [0.3, 0.4) is 0 Å². The van der Waals surface area contributed by atoms with E-state index in [9.17, 15) is 13.6 Å². The van der Waals surface area contributed by atoms with Crippen molar-refractivity contribution in [3.63, 3.8) is 0 Å². The highest BCUT2D eigenvalue weighted by Crippen LogP contribution is 2.37. The van der Waals surface area contributed by atoms with Crippen LogP contribution in [0.25, 0.3) is 16.9 Å². The van der Waals surface area contributed by atoms with Crippen LogP contribution in [0.5, 0.6) is 0 Å². The van der Waals surface area contributed by atoms with Gasteiger partial charge in [0.25, 0.3) is 5.91 Å². The molecule has 0 atom stereocenters. The average molecular weight is 575 g/mol. The molecule has 4 aromatic rings. The lowest BCUT2D eigenvalue weighted by Crippen LogP contribution is -2.17. The van der Waals surface area contributed by atoms with E-state index in [1.165, 1.54) is 16.6 Å². The highest BCUT2D eigenvalue weighted by atomic mass is 127. The van der Waals surface area contributed by atoms with Crippen molar-refractivity contribution < 1.29 is 18.3 Å². The lowest BCUT2D eigenvalue weighted by atomic mass is 9.96. The third-order valence-electron chi connectivity index (χ3n) is 5.76. The van der Waals surface area contributed by atoms with Crippen LogP contribution in [0.4, 0.5) is 14.5 Å². The first-order chi connectivity index (χ1) is 16.4. The van der Waals surface area contributed by atoms with Crippen LogP contribution in [0.15, 0.2) is 60.9 Å². The molecular weight excluding hydrogens is 555 g/mol. The summed E-state index contributed by atoms with van der Waals surface area (Å²) in [5.74, 6) is -0.0857. The summed E-state index contributed by atoms with van der Waals surface area (Å²) in [7, 11) is 0. The zero-order valence-electron chi connectivity index (χ0n) is 17.9. The number of aromatic nitrogens is 4. The van der Waals surface area contributed by atoms with Gasteiger partial charge in [-0.1, -0.05) is 18.2 Å². The molecule has 5 rings (SSSR count). The second kappa shape index (κ2) is 9.34. The summed E-state index contributed by atoms with van der Waals surface area (Å²) in [4.78, 5) is 21.7. The van der Waals surface area contributed by atoms with Gasteiger partial charge in [0.1, 0.15) is 5.69 Å². The second-order valence-corrected chi connectivity index (χ2v) is 9.38. The number of rotatable bonds is 5. The molecular formula is C24H20F2IN5O2. The SMILES string of the molecule is O=C(Nc1ccnc(C2CCOCC2)c1)c1ccc2ncc(-c3cccc(C(F)(F)I)c3)n2n1. The summed E-state index contributed by atoms with van der Waals surface area (Å²) >= 11 is 1.10. The van der Waals surface area contributed by atoms with E-state index in [1.807, 2.05) is 6.07 Å². The molecule has 7 nitrogen and oxygen atoms in total. The van der Waals surface area contributed by atoms with Crippen molar-refractivity contribution in [2.24, 2.45) is 0 Å². The Labute approximate surface area is 207 Å². The number of halogens is 3. The van der Waals surface area contributed by atoms with Gasteiger partial charge in [-0.3, -0.25) is 9.78 Å². The highest BCUT2D eigenvalue weighted by Gasteiger charge is 2.27. The van der Waals surface area contributed by atoms with Gasteiger partial charge in [-0.2, -0.15) is 13.9 Å². The number of carbonyl (C=O) groups excluding carboxylic acids is 1. The van der Waals surface area contributed by atoms with Gasteiger partial charge in [-0.15, -0.1) is 0 Å². The van der Waals surface area contributed by atoms with Crippen molar-refractivity contribution in [3.8, 4) is 11.3 Å². The molecule has 1 amide bonds. The Kier molecular flexibility index (Phi) is 6.26. The van der Waals surface area contributed by atoms with Gasteiger partial charge in [0.05, 0.1) is 11.9 Å². The molecule has 4 heterocycles. The van der Waals surface area contributed by atoms with E-state index in [0.717, 1.165) is 41.1 Å². The standard InChI is InChI=1S/C24H20F2IN5O2/c25-24(26,27)17-3-1-2-16(12-17)21-14-29-22-5-4-19(31-32(21)22)23(33)30-18-6-9-28-20(13-18)15-7-10-34-11-8-15/h1-6,9,12-15H,7-8,10-11H2,(H,28,30,33). The van der Waals surface area contributed by atoms with Gasteiger partial charge in [-0.05, 0) is 43.2 Å². The molecule has 1 aliphatic rings. The van der Waals surface area contributed by atoms with Gasteiger partial charge >= 0.3 is 3.93 Å². The quantitative estimate of drug-likeness (QED) is 0.254. The van der Waals surface area contributed by atoms with E-state index >= 15 is 0 Å². The smallest absolute Gasteiger partial charge is 0.321 e. The predicted molar refractivity (Wildman–Crippen MR) is 131 cm³/mol. The number of fused-ring (bicyclic) bond motifs is 1. The van der Waals surface area contributed by atoms with E-state index in [0.29, 0.717) is 41.7 Å². The molecule has 1 saturated heterocycles.